The van der Waals surface area contributed by atoms with Crippen molar-refractivity contribution < 1.29 is 28.8 Å². The molecule has 7 unspecified atom stereocenters. The molecule has 0 spiro atoms. The van der Waals surface area contributed by atoms with Gasteiger partial charge in [-0.1, -0.05) is 30.0 Å². The minimum absolute atomic E-state index is 0.0295. The molecule has 0 radical (unpaired) electrons. The van der Waals surface area contributed by atoms with E-state index in [9.17, 15) is 19.0 Å². The summed E-state index contributed by atoms with van der Waals surface area (Å²) in [6.07, 6.45) is -0.416. The zero-order valence-corrected chi connectivity index (χ0v) is 20.6. The molecule has 0 bridgehead atoms. The van der Waals surface area contributed by atoms with Gasteiger partial charge in [0.15, 0.2) is 34.7 Å². The summed E-state index contributed by atoms with van der Waals surface area (Å²) in [5.41, 5.74) is -1.04. The van der Waals surface area contributed by atoms with Crippen LogP contribution in [0.1, 0.15) is 44.1 Å². The SMILES string of the molecule is CCCSC1=NC2C(N=NN2C2(O)CCC(OCCO)C2O)C(=NC2CC2c2ccc(F)c(F)c2)N1. The molecule has 10 nitrogen and oxygen atoms in total. The molecule has 2 aliphatic carbocycles. The van der Waals surface area contributed by atoms with Crippen LogP contribution in [0.15, 0.2) is 38.5 Å². The highest BCUT2D eigenvalue weighted by molar-refractivity contribution is 8.13. The van der Waals surface area contributed by atoms with E-state index in [4.69, 9.17) is 19.8 Å². The Labute approximate surface area is 211 Å². The molecule has 36 heavy (non-hydrogen) atoms. The number of fused-ring (bicyclic) bond motifs is 1. The number of halogens is 2. The van der Waals surface area contributed by atoms with Crippen LogP contribution in [0, 0.1) is 11.6 Å². The minimum atomic E-state index is -1.73. The van der Waals surface area contributed by atoms with Gasteiger partial charge in [-0.3, -0.25) is 4.99 Å². The number of hydrogen-bond donors (Lipinski definition) is 4. The summed E-state index contributed by atoms with van der Waals surface area (Å²) in [6.45, 7) is 1.93. The first-order valence-corrected chi connectivity index (χ1v) is 13.2. The van der Waals surface area contributed by atoms with E-state index in [1.807, 2.05) is 0 Å². The van der Waals surface area contributed by atoms with Crippen molar-refractivity contribution in [1.29, 1.82) is 0 Å². The van der Waals surface area contributed by atoms with Gasteiger partial charge in [0.05, 0.1) is 25.4 Å². The molecule has 1 aromatic rings. The molecule has 4 aliphatic rings. The first-order valence-electron chi connectivity index (χ1n) is 12.2. The lowest BCUT2D eigenvalue weighted by molar-refractivity contribution is -0.193. The molecular weight excluding hydrogens is 494 g/mol. The van der Waals surface area contributed by atoms with Crippen molar-refractivity contribution in [3.8, 4) is 0 Å². The van der Waals surface area contributed by atoms with Crippen LogP contribution in [-0.2, 0) is 4.74 Å². The number of hydrogen-bond acceptors (Lipinski definition) is 10. The van der Waals surface area contributed by atoms with Crippen LogP contribution < -0.4 is 5.32 Å². The highest BCUT2D eigenvalue weighted by Crippen LogP contribution is 2.45. The van der Waals surface area contributed by atoms with Crippen LogP contribution >= 0.6 is 11.8 Å². The van der Waals surface area contributed by atoms with Crippen molar-refractivity contribution in [1.82, 2.24) is 10.3 Å². The summed E-state index contributed by atoms with van der Waals surface area (Å²) < 4.78 is 32.6. The van der Waals surface area contributed by atoms with Crippen LogP contribution in [-0.4, -0.2) is 86.5 Å². The molecule has 7 atom stereocenters. The lowest BCUT2D eigenvalue weighted by atomic mass is 10.1. The molecule has 0 amide bonds. The zero-order valence-electron chi connectivity index (χ0n) is 19.8. The van der Waals surface area contributed by atoms with Crippen LogP contribution in [0.5, 0.6) is 0 Å². The summed E-state index contributed by atoms with van der Waals surface area (Å²) in [6, 6.07) is 3.17. The predicted octanol–water partition coefficient (Wildman–Crippen LogP) is 1.92. The average Bonchev–Trinajstić information content (AvgIpc) is 3.39. The number of aliphatic imine (C=N–C) groups is 2. The molecule has 196 valence electrons. The largest absolute Gasteiger partial charge is 0.394 e. The Kier molecular flexibility index (Phi) is 7.27. The average molecular weight is 525 g/mol. The van der Waals surface area contributed by atoms with Gasteiger partial charge >= 0.3 is 0 Å². The predicted molar refractivity (Wildman–Crippen MR) is 130 cm³/mol. The Morgan fingerprint density at radius 2 is 2.17 bits per heavy atom. The van der Waals surface area contributed by atoms with E-state index < -0.39 is 41.8 Å². The number of rotatable bonds is 8. The van der Waals surface area contributed by atoms with E-state index >= 15 is 0 Å². The maximum atomic E-state index is 13.7. The van der Waals surface area contributed by atoms with Crippen molar-refractivity contribution in [2.45, 2.75) is 74.7 Å². The van der Waals surface area contributed by atoms with Gasteiger partial charge in [-0.15, -0.1) is 0 Å². The van der Waals surface area contributed by atoms with Crippen molar-refractivity contribution in [2.24, 2.45) is 20.3 Å². The third kappa shape index (κ3) is 4.74. The second kappa shape index (κ2) is 10.3. The van der Waals surface area contributed by atoms with E-state index in [-0.39, 0.29) is 31.6 Å². The Balaban J connectivity index is 1.37. The van der Waals surface area contributed by atoms with Crippen LogP contribution in [0.25, 0.3) is 0 Å². The Hall–Kier alpha value is -2.19. The fraction of sp³-hybridized carbons (Fsp3) is 0.652. The number of benzene rings is 1. The zero-order chi connectivity index (χ0) is 25.4. The topological polar surface area (TPSA) is 135 Å². The van der Waals surface area contributed by atoms with Crippen molar-refractivity contribution in [3.63, 3.8) is 0 Å². The monoisotopic (exact) mass is 524 g/mol. The molecule has 2 heterocycles. The molecule has 2 aliphatic heterocycles. The number of nitrogens with one attached hydrogen (secondary N) is 1. The number of nitrogens with zero attached hydrogens (tertiary/aromatic N) is 5. The lowest BCUT2D eigenvalue weighted by Crippen LogP contribution is -2.60. The maximum Gasteiger partial charge on any atom is 0.186 e. The highest BCUT2D eigenvalue weighted by Gasteiger charge is 2.57. The molecule has 2 saturated carbocycles. The summed E-state index contributed by atoms with van der Waals surface area (Å²) >= 11 is 1.51. The summed E-state index contributed by atoms with van der Waals surface area (Å²) in [4.78, 5) is 9.57. The molecular formula is C23H30F2N6O4S. The van der Waals surface area contributed by atoms with Crippen LogP contribution in [0.3, 0.4) is 0 Å². The van der Waals surface area contributed by atoms with Gasteiger partial charge in [0.2, 0.25) is 0 Å². The third-order valence-electron chi connectivity index (χ3n) is 6.89. The number of thioether (sulfide) groups is 1. The number of aliphatic hydroxyl groups excluding tert-OH is 2. The summed E-state index contributed by atoms with van der Waals surface area (Å²) in [5.74, 6) is -0.431. The Bertz CT molecular complexity index is 1080. The molecule has 0 aromatic heterocycles. The van der Waals surface area contributed by atoms with Gasteiger partial charge in [-0.2, -0.15) is 5.11 Å². The first kappa shape index (κ1) is 25.5. The van der Waals surface area contributed by atoms with Gasteiger partial charge in [0, 0.05) is 18.1 Å². The van der Waals surface area contributed by atoms with E-state index in [1.165, 1.54) is 22.8 Å². The molecule has 1 aromatic carbocycles. The standard InChI is InChI=1S/C23H30F2N6O4S/c1-2-9-36-22-27-20(26-16-11-13(16)12-3-4-14(24)15(25)10-12)18-21(28-22)31(30-29-18)23(34)6-5-17(19(23)33)35-8-7-32/h3-4,10,13,16-19,21,32-34H,2,5-9,11H2,1H3,(H,26,27,28). The van der Waals surface area contributed by atoms with Gasteiger partial charge in [0.1, 0.15) is 11.9 Å². The first-order chi connectivity index (χ1) is 17.4. The molecule has 0 saturated heterocycles. The molecule has 2 fully saturated rings. The van der Waals surface area contributed by atoms with E-state index in [2.05, 4.69) is 22.6 Å². The van der Waals surface area contributed by atoms with E-state index in [0.29, 0.717) is 29.4 Å². The number of ether oxygens (including phenoxy) is 1. The quantitative estimate of drug-likeness (QED) is 0.408. The van der Waals surface area contributed by atoms with E-state index in [0.717, 1.165) is 18.2 Å². The molecule has 5 rings (SSSR count). The summed E-state index contributed by atoms with van der Waals surface area (Å²) in [7, 11) is 0. The van der Waals surface area contributed by atoms with Crippen LogP contribution in [0.2, 0.25) is 0 Å². The maximum absolute atomic E-state index is 13.7. The minimum Gasteiger partial charge on any atom is -0.394 e. The van der Waals surface area contributed by atoms with Gasteiger partial charge in [0.25, 0.3) is 0 Å². The third-order valence-corrected chi connectivity index (χ3v) is 7.98. The van der Waals surface area contributed by atoms with Crippen molar-refractivity contribution >= 4 is 22.8 Å². The van der Waals surface area contributed by atoms with Gasteiger partial charge in [-0.25, -0.2) is 18.8 Å². The van der Waals surface area contributed by atoms with E-state index in [1.54, 1.807) is 6.07 Å². The second-order valence-corrected chi connectivity index (χ2v) is 10.5. The Morgan fingerprint density at radius 3 is 2.92 bits per heavy atom. The molecule has 13 heteroatoms. The lowest BCUT2D eigenvalue weighted by Gasteiger charge is -2.39. The van der Waals surface area contributed by atoms with Crippen molar-refractivity contribution in [3.05, 3.63) is 35.4 Å². The fourth-order valence-corrected chi connectivity index (χ4v) is 5.65. The number of amidine groups is 2. The van der Waals surface area contributed by atoms with Gasteiger partial charge in [-0.05, 0) is 37.0 Å². The fourth-order valence-electron chi connectivity index (χ4n) is 4.89. The molecule has 4 N–H and O–H groups in total. The summed E-state index contributed by atoms with van der Waals surface area (Å²) in [5, 5.41) is 45.1. The number of aliphatic hydroxyl groups is 3. The smallest absolute Gasteiger partial charge is 0.186 e. The van der Waals surface area contributed by atoms with Crippen molar-refractivity contribution in [2.75, 3.05) is 19.0 Å². The van der Waals surface area contributed by atoms with Gasteiger partial charge < -0.3 is 25.4 Å². The van der Waals surface area contributed by atoms with Crippen LogP contribution in [0.4, 0.5) is 8.78 Å². The normalized spacial score (nSPS) is 36.2. The Morgan fingerprint density at radius 1 is 1.33 bits per heavy atom. The highest BCUT2D eigenvalue weighted by atomic mass is 32.2. The second-order valence-electron chi connectivity index (χ2n) is 9.41.